The Hall–Kier alpha value is -3.14. The summed E-state index contributed by atoms with van der Waals surface area (Å²) in [5.41, 5.74) is 4.53. The summed E-state index contributed by atoms with van der Waals surface area (Å²) in [5.74, 6) is -1.60. The Labute approximate surface area is 160 Å². The number of nitrogens with zero attached hydrogens (tertiary/aromatic N) is 2. The van der Waals surface area contributed by atoms with Crippen molar-refractivity contribution in [3.63, 3.8) is 0 Å². The zero-order valence-electron chi connectivity index (χ0n) is 13.8. The topological polar surface area (TPSA) is 75.9 Å². The van der Waals surface area contributed by atoms with Crippen LogP contribution in [-0.2, 0) is 6.18 Å². The van der Waals surface area contributed by atoms with Gasteiger partial charge in [-0.25, -0.2) is 18.7 Å². The molecule has 0 saturated heterocycles. The van der Waals surface area contributed by atoms with Gasteiger partial charge in [0, 0.05) is 6.07 Å². The fourth-order valence-electron chi connectivity index (χ4n) is 2.24. The third kappa shape index (κ3) is 4.22. The highest BCUT2D eigenvalue weighted by Gasteiger charge is 2.31. The van der Waals surface area contributed by atoms with Crippen LogP contribution in [0.2, 0.25) is 5.02 Å². The molecule has 28 heavy (non-hydrogen) atoms. The minimum absolute atomic E-state index is 0.00306. The Kier molecular flexibility index (Phi) is 5.23. The molecule has 5 nitrogen and oxygen atoms in total. The molecule has 4 N–H and O–H groups in total. The van der Waals surface area contributed by atoms with Gasteiger partial charge in [0.05, 0.1) is 22.0 Å². The first kappa shape index (κ1) is 19.6. The molecular formula is C17H11ClF5N5. The van der Waals surface area contributed by atoms with Gasteiger partial charge in [0.2, 0.25) is 0 Å². The molecule has 11 heteroatoms. The Morgan fingerprint density at radius 3 is 2.18 bits per heavy atom. The lowest BCUT2D eigenvalue weighted by Gasteiger charge is -2.15. The van der Waals surface area contributed by atoms with E-state index in [4.69, 9.17) is 17.3 Å². The molecule has 1 heterocycles. The zero-order valence-corrected chi connectivity index (χ0v) is 14.5. The molecule has 2 aromatic carbocycles. The van der Waals surface area contributed by atoms with E-state index in [1.54, 1.807) is 0 Å². The van der Waals surface area contributed by atoms with E-state index in [9.17, 15) is 22.0 Å². The van der Waals surface area contributed by atoms with E-state index in [2.05, 4.69) is 20.6 Å². The van der Waals surface area contributed by atoms with E-state index in [0.717, 1.165) is 42.7 Å². The minimum Gasteiger partial charge on any atom is -0.393 e. The normalized spacial score (nSPS) is 11.4. The van der Waals surface area contributed by atoms with Crippen LogP contribution in [0.1, 0.15) is 5.56 Å². The quantitative estimate of drug-likeness (QED) is 0.491. The molecule has 0 aliphatic carbocycles. The molecule has 146 valence electrons. The Bertz CT molecular complexity index is 1030. The number of alkyl halides is 3. The highest BCUT2D eigenvalue weighted by atomic mass is 35.5. The molecule has 0 radical (unpaired) electrons. The summed E-state index contributed by atoms with van der Waals surface area (Å²) in [6, 6.07) is 5.45. The van der Waals surface area contributed by atoms with Crippen molar-refractivity contribution in [2.75, 3.05) is 16.4 Å². The molecule has 0 aliphatic rings. The second-order valence-corrected chi connectivity index (χ2v) is 5.96. The highest BCUT2D eigenvalue weighted by Crippen LogP contribution is 2.36. The number of anilines is 5. The van der Waals surface area contributed by atoms with Crippen LogP contribution in [-0.4, -0.2) is 9.97 Å². The van der Waals surface area contributed by atoms with E-state index in [-0.39, 0.29) is 33.7 Å². The number of halogens is 6. The smallest absolute Gasteiger partial charge is 0.393 e. The lowest BCUT2D eigenvalue weighted by molar-refractivity contribution is -0.137. The van der Waals surface area contributed by atoms with Gasteiger partial charge in [-0.2, -0.15) is 13.2 Å². The van der Waals surface area contributed by atoms with E-state index in [1.165, 1.54) is 0 Å². The number of nitrogen functional groups attached to an aromatic ring is 1. The van der Waals surface area contributed by atoms with Crippen molar-refractivity contribution in [1.82, 2.24) is 9.97 Å². The predicted octanol–water partition coefficient (Wildman–Crippen LogP) is 5.50. The van der Waals surface area contributed by atoms with Crippen molar-refractivity contribution in [2.24, 2.45) is 0 Å². The number of rotatable bonds is 4. The largest absolute Gasteiger partial charge is 0.416 e. The van der Waals surface area contributed by atoms with Crippen LogP contribution in [0.4, 0.5) is 50.6 Å². The number of hydrogen-bond acceptors (Lipinski definition) is 5. The summed E-state index contributed by atoms with van der Waals surface area (Å²) in [7, 11) is 0. The van der Waals surface area contributed by atoms with Gasteiger partial charge in [-0.15, -0.1) is 0 Å². The molecule has 0 atom stereocenters. The Balaban J connectivity index is 1.93. The van der Waals surface area contributed by atoms with Gasteiger partial charge in [-0.05, 0) is 30.3 Å². The average molecular weight is 416 g/mol. The van der Waals surface area contributed by atoms with Crippen LogP contribution >= 0.6 is 11.6 Å². The second-order valence-electron chi connectivity index (χ2n) is 5.55. The summed E-state index contributed by atoms with van der Waals surface area (Å²) in [5, 5.41) is 5.10. The van der Waals surface area contributed by atoms with Crippen LogP contribution in [0.25, 0.3) is 0 Å². The van der Waals surface area contributed by atoms with Crippen molar-refractivity contribution in [3.05, 3.63) is 64.9 Å². The van der Waals surface area contributed by atoms with Gasteiger partial charge < -0.3 is 16.4 Å². The number of aromatic nitrogens is 2. The molecule has 3 aromatic rings. The predicted molar refractivity (Wildman–Crippen MR) is 95.8 cm³/mol. The highest BCUT2D eigenvalue weighted by molar-refractivity contribution is 6.33. The van der Waals surface area contributed by atoms with Crippen molar-refractivity contribution in [1.29, 1.82) is 0 Å². The molecule has 0 unspecified atom stereocenters. The van der Waals surface area contributed by atoms with Gasteiger partial charge in [-0.1, -0.05) is 11.6 Å². The maximum Gasteiger partial charge on any atom is 0.416 e. The lowest BCUT2D eigenvalue weighted by atomic mass is 10.2. The molecule has 3 rings (SSSR count). The van der Waals surface area contributed by atoms with E-state index in [1.807, 2.05) is 0 Å². The number of benzene rings is 2. The zero-order chi connectivity index (χ0) is 20.5. The standard InChI is InChI=1S/C17H11ClF5N5/c18-10-3-1-8(17(21,22)23)5-12(10)27-15-14(24)16(26-7-25-15)28-13-6-9(19)2-4-11(13)20/h1-7H,24H2,(H2,25,26,27,28). The van der Waals surface area contributed by atoms with Gasteiger partial charge in [0.1, 0.15) is 23.6 Å². The maximum absolute atomic E-state index is 13.8. The summed E-state index contributed by atoms with van der Waals surface area (Å²) in [6.07, 6.45) is -3.53. The molecule has 0 saturated carbocycles. The van der Waals surface area contributed by atoms with Crippen LogP contribution in [0, 0.1) is 11.6 Å². The molecule has 0 amide bonds. The molecular weight excluding hydrogens is 405 g/mol. The van der Waals surface area contributed by atoms with Gasteiger partial charge in [0.25, 0.3) is 0 Å². The monoisotopic (exact) mass is 415 g/mol. The maximum atomic E-state index is 13.8. The first-order valence-corrected chi connectivity index (χ1v) is 7.99. The fraction of sp³-hybridized carbons (Fsp3) is 0.0588. The van der Waals surface area contributed by atoms with Gasteiger partial charge in [-0.3, -0.25) is 0 Å². The SMILES string of the molecule is Nc1c(Nc2cc(F)ccc2F)ncnc1Nc1cc(C(F)(F)F)ccc1Cl. The molecule has 0 spiro atoms. The third-order valence-electron chi connectivity index (χ3n) is 3.61. The van der Waals surface area contributed by atoms with Crippen LogP contribution in [0.5, 0.6) is 0 Å². The Morgan fingerprint density at radius 1 is 0.893 bits per heavy atom. The summed E-state index contributed by atoms with van der Waals surface area (Å²) >= 11 is 5.94. The summed E-state index contributed by atoms with van der Waals surface area (Å²) in [4.78, 5) is 7.69. The van der Waals surface area contributed by atoms with E-state index >= 15 is 0 Å². The second kappa shape index (κ2) is 7.47. The van der Waals surface area contributed by atoms with Crippen LogP contribution < -0.4 is 16.4 Å². The van der Waals surface area contributed by atoms with E-state index < -0.39 is 23.4 Å². The number of nitrogens with two attached hydrogens (primary N) is 1. The van der Waals surface area contributed by atoms with Crippen molar-refractivity contribution < 1.29 is 22.0 Å². The number of hydrogen-bond donors (Lipinski definition) is 3. The lowest BCUT2D eigenvalue weighted by Crippen LogP contribution is -2.08. The first-order valence-electron chi connectivity index (χ1n) is 7.61. The first-order chi connectivity index (χ1) is 13.1. The van der Waals surface area contributed by atoms with Crippen molar-refractivity contribution in [3.8, 4) is 0 Å². The average Bonchev–Trinajstić information content (AvgIpc) is 2.62. The molecule has 0 aliphatic heterocycles. The van der Waals surface area contributed by atoms with E-state index in [0.29, 0.717) is 0 Å². The van der Waals surface area contributed by atoms with Gasteiger partial charge in [0.15, 0.2) is 11.6 Å². The third-order valence-corrected chi connectivity index (χ3v) is 3.94. The fourth-order valence-corrected chi connectivity index (χ4v) is 2.41. The number of nitrogens with one attached hydrogen (secondary N) is 2. The van der Waals surface area contributed by atoms with Crippen molar-refractivity contribution >= 4 is 40.3 Å². The van der Waals surface area contributed by atoms with Crippen LogP contribution in [0.3, 0.4) is 0 Å². The minimum atomic E-state index is -4.57. The molecule has 0 bridgehead atoms. The Morgan fingerprint density at radius 2 is 1.54 bits per heavy atom. The summed E-state index contributed by atoms with van der Waals surface area (Å²) < 4.78 is 65.8. The molecule has 0 fully saturated rings. The molecule has 1 aromatic heterocycles. The van der Waals surface area contributed by atoms with Crippen molar-refractivity contribution in [2.45, 2.75) is 6.18 Å². The van der Waals surface area contributed by atoms with Gasteiger partial charge >= 0.3 is 6.18 Å². The van der Waals surface area contributed by atoms with Crippen LogP contribution in [0.15, 0.2) is 42.7 Å². The summed E-state index contributed by atoms with van der Waals surface area (Å²) in [6.45, 7) is 0.